The van der Waals surface area contributed by atoms with Crippen LogP contribution in [0.2, 0.25) is 5.02 Å². The van der Waals surface area contributed by atoms with Crippen LogP contribution in [-0.4, -0.2) is 61.7 Å². The van der Waals surface area contributed by atoms with E-state index in [2.05, 4.69) is 5.10 Å². The number of carbonyl (C=O) groups excluding carboxylic acids is 3. The molecule has 2 aromatic carbocycles. The first kappa shape index (κ1) is 26.6. The molecule has 3 aromatic rings. The van der Waals surface area contributed by atoms with Gasteiger partial charge in [-0.3, -0.25) is 0 Å². The molecule has 36 heavy (non-hydrogen) atoms. The molecule has 0 N–H and O–H groups in total. The van der Waals surface area contributed by atoms with Gasteiger partial charge in [0.05, 0.1) is 38.6 Å². The van der Waals surface area contributed by atoms with Gasteiger partial charge in [-0.05, 0) is 32.0 Å². The molecule has 0 radical (unpaired) electrons. The number of halogens is 1. The van der Waals surface area contributed by atoms with Gasteiger partial charge in [0.25, 0.3) is 0 Å². The zero-order chi connectivity index (χ0) is 26.4. The lowest BCUT2D eigenvalue weighted by Crippen LogP contribution is -2.26. The summed E-state index contributed by atoms with van der Waals surface area (Å²) in [5, 5.41) is 4.64. The third-order valence-corrected chi connectivity index (χ3v) is 5.40. The lowest BCUT2D eigenvalue weighted by Gasteiger charge is -2.17. The molecule has 0 spiro atoms. The molecule has 10 nitrogen and oxygen atoms in total. The van der Waals surface area contributed by atoms with Crippen LogP contribution in [0.3, 0.4) is 0 Å². The first-order valence-corrected chi connectivity index (χ1v) is 11.2. The van der Waals surface area contributed by atoms with E-state index in [0.717, 1.165) is 0 Å². The van der Waals surface area contributed by atoms with Crippen molar-refractivity contribution in [2.24, 2.45) is 0 Å². The lowest BCUT2D eigenvalue weighted by molar-refractivity contribution is -0.150. The largest absolute Gasteiger partial charge is 0.493 e. The van der Waals surface area contributed by atoms with Gasteiger partial charge in [-0.25, -0.2) is 19.1 Å². The quantitative estimate of drug-likeness (QED) is 0.306. The predicted molar refractivity (Wildman–Crippen MR) is 130 cm³/mol. The Morgan fingerprint density at radius 2 is 1.67 bits per heavy atom. The van der Waals surface area contributed by atoms with Gasteiger partial charge in [-0.15, -0.1) is 0 Å². The molecule has 1 heterocycles. The summed E-state index contributed by atoms with van der Waals surface area (Å²) in [5.74, 6) is -1.81. The summed E-state index contributed by atoms with van der Waals surface area (Å²) >= 11 is 6.59. The Bertz CT molecular complexity index is 1270. The maximum Gasteiger partial charge on any atom is 0.357 e. The Labute approximate surface area is 212 Å². The summed E-state index contributed by atoms with van der Waals surface area (Å²) in [4.78, 5) is 37.7. The van der Waals surface area contributed by atoms with Crippen molar-refractivity contribution in [1.29, 1.82) is 0 Å². The van der Waals surface area contributed by atoms with Crippen LogP contribution in [0.5, 0.6) is 11.5 Å². The molecule has 1 unspecified atom stereocenters. The normalized spacial score (nSPS) is 11.4. The Kier molecular flexibility index (Phi) is 8.55. The van der Waals surface area contributed by atoms with Gasteiger partial charge in [-0.2, -0.15) is 5.10 Å². The second-order valence-electron chi connectivity index (χ2n) is 7.30. The van der Waals surface area contributed by atoms with E-state index in [1.807, 2.05) is 0 Å². The van der Waals surface area contributed by atoms with Crippen LogP contribution < -0.4 is 9.47 Å². The molecule has 190 valence electrons. The molecule has 11 heteroatoms. The Balaban J connectivity index is 2.23. The van der Waals surface area contributed by atoms with E-state index in [-0.39, 0.29) is 45.6 Å². The molecule has 1 atom stereocenters. The van der Waals surface area contributed by atoms with Crippen LogP contribution in [0, 0.1) is 0 Å². The van der Waals surface area contributed by atoms with E-state index < -0.39 is 24.0 Å². The molecule has 0 amide bonds. The van der Waals surface area contributed by atoms with E-state index in [1.165, 1.54) is 45.1 Å². The average molecular weight is 517 g/mol. The van der Waals surface area contributed by atoms with Gasteiger partial charge in [-0.1, -0.05) is 29.8 Å². The topological polar surface area (TPSA) is 115 Å². The van der Waals surface area contributed by atoms with Gasteiger partial charge in [0.1, 0.15) is 11.3 Å². The fourth-order valence-electron chi connectivity index (χ4n) is 3.41. The van der Waals surface area contributed by atoms with Crippen LogP contribution in [0.1, 0.15) is 34.7 Å². The van der Waals surface area contributed by atoms with E-state index in [4.69, 9.17) is 35.3 Å². The molecular formula is C25H25ClN2O8. The summed E-state index contributed by atoms with van der Waals surface area (Å²) in [6.07, 6.45) is -0.936. The van der Waals surface area contributed by atoms with Gasteiger partial charge < -0.3 is 23.7 Å². The molecule has 0 aliphatic carbocycles. The van der Waals surface area contributed by atoms with Crippen LogP contribution in [0.4, 0.5) is 0 Å². The Hall–Kier alpha value is -4.05. The Morgan fingerprint density at radius 3 is 2.25 bits per heavy atom. The van der Waals surface area contributed by atoms with Gasteiger partial charge in [0, 0.05) is 11.6 Å². The average Bonchev–Trinajstić information content (AvgIpc) is 3.29. The van der Waals surface area contributed by atoms with Crippen LogP contribution in [0.25, 0.3) is 16.9 Å². The first-order chi connectivity index (χ1) is 17.3. The Morgan fingerprint density at radius 1 is 1.00 bits per heavy atom. The number of ether oxygens (including phenoxy) is 5. The molecule has 1 aromatic heterocycles. The van der Waals surface area contributed by atoms with Crippen LogP contribution >= 0.6 is 11.6 Å². The zero-order valence-corrected chi connectivity index (χ0v) is 21.1. The summed E-state index contributed by atoms with van der Waals surface area (Å²) in [5.41, 5.74) is 0.521. The third kappa shape index (κ3) is 5.28. The molecule has 0 fully saturated rings. The number of hydrogen-bond donors (Lipinski definition) is 0. The number of carbonyl (C=O) groups is 3. The smallest absolute Gasteiger partial charge is 0.357 e. The van der Waals surface area contributed by atoms with Crippen molar-refractivity contribution in [2.45, 2.75) is 20.0 Å². The van der Waals surface area contributed by atoms with E-state index in [1.54, 1.807) is 37.3 Å². The minimum absolute atomic E-state index is 0.0550. The first-order valence-electron chi connectivity index (χ1n) is 10.8. The van der Waals surface area contributed by atoms with Crippen LogP contribution in [0.15, 0.2) is 42.5 Å². The minimum Gasteiger partial charge on any atom is -0.493 e. The molecule has 0 aliphatic rings. The van der Waals surface area contributed by atoms with Crippen molar-refractivity contribution in [3.8, 4) is 28.4 Å². The van der Waals surface area contributed by atoms with Gasteiger partial charge in [0.15, 0.2) is 23.3 Å². The van der Waals surface area contributed by atoms with Crippen LogP contribution in [-0.2, 0) is 19.0 Å². The molecular weight excluding hydrogens is 492 g/mol. The van der Waals surface area contributed by atoms with E-state index in [9.17, 15) is 14.4 Å². The standard InChI is InChI=1S/C25H25ClN2O8/c1-6-35-23(29)14(2)36-19-13-17(26)16(12-18(19)32-3)21-20(24(30)33-4)22(25(31)34-5)28(27-21)15-10-8-7-9-11-15/h7-14H,6H2,1-5H3. The summed E-state index contributed by atoms with van der Waals surface area (Å²) < 4.78 is 27.3. The van der Waals surface area contributed by atoms with Gasteiger partial charge >= 0.3 is 17.9 Å². The number of benzene rings is 2. The number of methoxy groups -OCH3 is 3. The highest BCUT2D eigenvalue weighted by molar-refractivity contribution is 6.33. The molecule has 0 saturated carbocycles. The zero-order valence-electron chi connectivity index (χ0n) is 20.4. The number of esters is 3. The maximum absolute atomic E-state index is 12.9. The number of rotatable bonds is 9. The number of aromatic nitrogens is 2. The fraction of sp³-hybridized carbons (Fsp3) is 0.280. The van der Waals surface area contributed by atoms with Gasteiger partial charge in [0.2, 0.25) is 0 Å². The summed E-state index contributed by atoms with van der Waals surface area (Å²) in [7, 11) is 3.78. The maximum atomic E-state index is 12.9. The van der Waals surface area contributed by atoms with Crippen molar-refractivity contribution in [3.63, 3.8) is 0 Å². The van der Waals surface area contributed by atoms with Crippen molar-refractivity contribution < 1.29 is 38.1 Å². The van der Waals surface area contributed by atoms with Crippen molar-refractivity contribution in [2.75, 3.05) is 27.9 Å². The highest BCUT2D eigenvalue weighted by Crippen LogP contribution is 2.41. The number of nitrogens with zero attached hydrogens (tertiary/aromatic N) is 2. The highest BCUT2D eigenvalue weighted by Gasteiger charge is 2.33. The predicted octanol–water partition coefficient (Wildman–Crippen LogP) is 4.10. The monoisotopic (exact) mass is 516 g/mol. The molecule has 3 rings (SSSR count). The minimum atomic E-state index is -0.936. The highest BCUT2D eigenvalue weighted by atomic mass is 35.5. The summed E-state index contributed by atoms with van der Waals surface area (Å²) in [6, 6.07) is 11.6. The molecule has 0 bridgehead atoms. The second kappa shape index (κ2) is 11.6. The lowest BCUT2D eigenvalue weighted by atomic mass is 10.0. The number of hydrogen-bond acceptors (Lipinski definition) is 9. The van der Waals surface area contributed by atoms with E-state index in [0.29, 0.717) is 5.69 Å². The molecule has 0 aliphatic heterocycles. The third-order valence-electron chi connectivity index (χ3n) is 5.09. The van der Waals surface area contributed by atoms with Crippen molar-refractivity contribution in [1.82, 2.24) is 9.78 Å². The summed E-state index contributed by atoms with van der Waals surface area (Å²) in [6.45, 7) is 3.41. The van der Waals surface area contributed by atoms with E-state index >= 15 is 0 Å². The SMILES string of the molecule is CCOC(=O)C(C)Oc1cc(Cl)c(-c2nn(-c3ccccc3)c(C(=O)OC)c2C(=O)OC)cc1OC. The van der Waals surface area contributed by atoms with Crippen molar-refractivity contribution >= 4 is 29.5 Å². The molecule has 0 saturated heterocycles. The van der Waals surface area contributed by atoms with Crippen molar-refractivity contribution in [3.05, 3.63) is 58.7 Å². The fourth-order valence-corrected chi connectivity index (χ4v) is 3.65. The number of para-hydroxylation sites is 1. The second-order valence-corrected chi connectivity index (χ2v) is 7.70.